The molecule has 1 atom stereocenters. The summed E-state index contributed by atoms with van der Waals surface area (Å²) in [5, 5.41) is 0. The minimum Gasteiger partial charge on any atom is -0.462 e. The highest BCUT2D eigenvalue weighted by Crippen LogP contribution is 2.18. The Morgan fingerprint density at radius 1 is 1.00 bits per heavy atom. The Balaban J connectivity index is 2.13. The summed E-state index contributed by atoms with van der Waals surface area (Å²) in [4.78, 5) is 24.8. The summed E-state index contributed by atoms with van der Waals surface area (Å²) in [6, 6.07) is 6.71. The molecule has 25 heavy (non-hydrogen) atoms. The van der Waals surface area contributed by atoms with Gasteiger partial charge in [0, 0.05) is 6.42 Å². The number of cyclic esters (lactones) is 2. The van der Waals surface area contributed by atoms with Crippen LogP contribution >= 0.6 is 0 Å². The Kier molecular flexibility index (Phi) is 8.23. The lowest BCUT2D eigenvalue weighted by Crippen LogP contribution is -2.20. The van der Waals surface area contributed by atoms with Crippen LogP contribution in [0.15, 0.2) is 36.4 Å². The van der Waals surface area contributed by atoms with Gasteiger partial charge in [-0.15, -0.1) is 0 Å². The zero-order valence-corrected chi connectivity index (χ0v) is 15.0. The maximum absolute atomic E-state index is 12.6. The van der Waals surface area contributed by atoms with E-state index in [0.29, 0.717) is 6.61 Å². The maximum Gasteiger partial charge on any atom is 0.339 e. The minimum atomic E-state index is -0.463. The number of carbonyl (C=O) groups is 2. The highest BCUT2D eigenvalue weighted by Gasteiger charge is 2.22. The van der Waals surface area contributed by atoms with Crippen LogP contribution in [0.3, 0.4) is 0 Å². The van der Waals surface area contributed by atoms with E-state index in [9.17, 15) is 9.59 Å². The first-order valence-corrected chi connectivity index (χ1v) is 9.34. The summed E-state index contributed by atoms with van der Waals surface area (Å²) >= 11 is 0. The van der Waals surface area contributed by atoms with Crippen LogP contribution in [-0.4, -0.2) is 24.6 Å². The SMILES string of the molecule is CCCCCC[C@@H]1C/C=C/CCCOC(=O)c2ccccc2C(=O)O1. The van der Waals surface area contributed by atoms with Crippen LogP contribution in [0.5, 0.6) is 0 Å². The fraction of sp³-hybridized carbons (Fsp3) is 0.524. The highest BCUT2D eigenvalue weighted by molar-refractivity contribution is 6.03. The van der Waals surface area contributed by atoms with Crippen LogP contribution in [0, 0.1) is 0 Å². The number of benzene rings is 1. The topological polar surface area (TPSA) is 52.6 Å². The second-order valence-corrected chi connectivity index (χ2v) is 6.41. The van der Waals surface area contributed by atoms with Crippen LogP contribution in [0.4, 0.5) is 0 Å². The van der Waals surface area contributed by atoms with E-state index in [1.807, 2.05) is 0 Å². The number of carbonyl (C=O) groups excluding carboxylic acids is 2. The summed E-state index contributed by atoms with van der Waals surface area (Å²) in [6.07, 6.45) is 11.8. The van der Waals surface area contributed by atoms with Gasteiger partial charge in [0.25, 0.3) is 0 Å². The van der Waals surface area contributed by atoms with Crippen molar-refractivity contribution in [1.29, 1.82) is 0 Å². The van der Waals surface area contributed by atoms with E-state index in [4.69, 9.17) is 9.47 Å². The van der Waals surface area contributed by atoms with Crippen LogP contribution < -0.4 is 0 Å². The Bertz CT molecular complexity index is 591. The Labute approximate surface area is 150 Å². The van der Waals surface area contributed by atoms with Crippen molar-refractivity contribution in [1.82, 2.24) is 0 Å². The molecule has 0 unspecified atom stereocenters. The molecule has 0 bridgehead atoms. The van der Waals surface area contributed by atoms with E-state index in [0.717, 1.165) is 38.5 Å². The van der Waals surface area contributed by atoms with Gasteiger partial charge in [-0.1, -0.05) is 50.5 Å². The number of fused-ring (bicyclic) bond motifs is 1. The third-order valence-corrected chi connectivity index (χ3v) is 4.33. The molecule has 1 aromatic rings. The molecule has 4 heteroatoms. The molecule has 0 saturated heterocycles. The molecule has 4 nitrogen and oxygen atoms in total. The fourth-order valence-electron chi connectivity index (χ4n) is 2.89. The predicted octanol–water partition coefficient (Wildman–Crippen LogP) is 5.08. The van der Waals surface area contributed by atoms with Crippen LogP contribution in [-0.2, 0) is 9.47 Å². The summed E-state index contributed by atoms with van der Waals surface area (Å²) in [7, 11) is 0. The van der Waals surface area contributed by atoms with Gasteiger partial charge in [0.15, 0.2) is 0 Å². The summed E-state index contributed by atoms with van der Waals surface area (Å²) in [5.74, 6) is -0.907. The van der Waals surface area contributed by atoms with Gasteiger partial charge in [-0.05, 0) is 37.8 Å². The van der Waals surface area contributed by atoms with Crippen LogP contribution in [0.2, 0.25) is 0 Å². The number of esters is 2. The summed E-state index contributed by atoms with van der Waals surface area (Å²) in [6.45, 7) is 2.53. The number of rotatable bonds is 5. The van der Waals surface area contributed by atoms with Crippen LogP contribution in [0.1, 0.15) is 79.0 Å². The first-order valence-electron chi connectivity index (χ1n) is 9.34. The summed E-state index contributed by atoms with van der Waals surface area (Å²) in [5.41, 5.74) is 0.568. The molecule has 0 amide bonds. The Morgan fingerprint density at radius 2 is 1.76 bits per heavy atom. The van der Waals surface area contributed by atoms with Gasteiger partial charge in [-0.2, -0.15) is 0 Å². The molecule has 0 fully saturated rings. The largest absolute Gasteiger partial charge is 0.462 e. The van der Waals surface area contributed by atoms with E-state index in [2.05, 4.69) is 19.1 Å². The number of hydrogen-bond donors (Lipinski definition) is 0. The standard InChI is InChI=1S/C21H28O4/c1-2-3-4-7-12-17-13-8-5-6-11-16-24-20(22)18-14-9-10-15-19(18)21(23)25-17/h5,8-10,14-15,17H,2-4,6-7,11-13,16H2,1H3/b8-5+/t17-/m1/s1. The lowest BCUT2D eigenvalue weighted by Gasteiger charge is -2.17. The average Bonchev–Trinajstić information content (AvgIpc) is 2.64. The van der Waals surface area contributed by atoms with Gasteiger partial charge in [0.2, 0.25) is 0 Å². The number of unbranched alkanes of at least 4 members (excludes halogenated alkanes) is 3. The first kappa shape index (κ1) is 19.2. The van der Waals surface area contributed by atoms with Crippen molar-refractivity contribution < 1.29 is 19.1 Å². The van der Waals surface area contributed by atoms with Gasteiger partial charge in [0.1, 0.15) is 6.10 Å². The van der Waals surface area contributed by atoms with Crippen molar-refractivity contribution in [3.63, 3.8) is 0 Å². The molecule has 0 aliphatic carbocycles. The van der Waals surface area contributed by atoms with E-state index in [1.165, 1.54) is 12.8 Å². The average molecular weight is 344 g/mol. The first-order chi connectivity index (χ1) is 12.2. The highest BCUT2D eigenvalue weighted by atomic mass is 16.5. The molecular formula is C21H28O4. The molecule has 2 rings (SSSR count). The molecule has 0 spiro atoms. The van der Waals surface area contributed by atoms with Crippen molar-refractivity contribution in [2.45, 2.75) is 64.4 Å². The normalized spacial score (nSPS) is 20.3. The second kappa shape index (κ2) is 10.7. The van der Waals surface area contributed by atoms with E-state index in [-0.39, 0.29) is 17.2 Å². The number of hydrogen-bond acceptors (Lipinski definition) is 4. The van der Waals surface area contributed by atoms with Crippen molar-refractivity contribution in [3.8, 4) is 0 Å². The monoisotopic (exact) mass is 344 g/mol. The molecular weight excluding hydrogens is 316 g/mol. The van der Waals surface area contributed by atoms with Crippen molar-refractivity contribution in [3.05, 3.63) is 47.5 Å². The van der Waals surface area contributed by atoms with Crippen LogP contribution in [0.25, 0.3) is 0 Å². The quantitative estimate of drug-likeness (QED) is 0.425. The fourth-order valence-corrected chi connectivity index (χ4v) is 2.89. The van der Waals surface area contributed by atoms with Gasteiger partial charge < -0.3 is 9.47 Å². The maximum atomic E-state index is 12.6. The molecule has 1 heterocycles. The van der Waals surface area contributed by atoms with Gasteiger partial charge in [-0.25, -0.2) is 9.59 Å². The van der Waals surface area contributed by atoms with Crippen molar-refractivity contribution in [2.75, 3.05) is 6.61 Å². The summed E-state index contributed by atoms with van der Waals surface area (Å²) < 4.78 is 11.0. The molecule has 0 saturated carbocycles. The Morgan fingerprint density at radius 3 is 2.52 bits per heavy atom. The molecule has 136 valence electrons. The van der Waals surface area contributed by atoms with Gasteiger partial charge >= 0.3 is 11.9 Å². The van der Waals surface area contributed by atoms with Gasteiger partial charge in [0.05, 0.1) is 17.7 Å². The van der Waals surface area contributed by atoms with Crippen molar-refractivity contribution in [2.24, 2.45) is 0 Å². The lowest BCUT2D eigenvalue weighted by molar-refractivity contribution is 0.0274. The molecule has 1 aliphatic heterocycles. The molecule has 1 aromatic carbocycles. The molecule has 0 radical (unpaired) electrons. The number of allylic oxidation sites excluding steroid dienone is 1. The third-order valence-electron chi connectivity index (χ3n) is 4.33. The molecule has 1 aliphatic rings. The zero-order chi connectivity index (χ0) is 17.9. The van der Waals surface area contributed by atoms with E-state index >= 15 is 0 Å². The molecule has 0 N–H and O–H groups in total. The number of ether oxygens (including phenoxy) is 2. The lowest BCUT2D eigenvalue weighted by atomic mass is 10.1. The van der Waals surface area contributed by atoms with E-state index in [1.54, 1.807) is 24.3 Å². The molecule has 0 aromatic heterocycles. The predicted molar refractivity (Wildman–Crippen MR) is 97.7 cm³/mol. The van der Waals surface area contributed by atoms with Crippen molar-refractivity contribution >= 4 is 11.9 Å². The van der Waals surface area contributed by atoms with E-state index < -0.39 is 11.9 Å². The zero-order valence-electron chi connectivity index (χ0n) is 15.0. The van der Waals surface area contributed by atoms with Gasteiger partial charge in [-0.3, -0.25) is 0 Å². The third kappa shape index (κ3) is 6.37. The smallest absolute Gasteiger partial charge is 0.339 e. The Hall–Kier alpha value is -2.10. The minimum absolute atomic E-state index is 0.148. The second-order valence-electron chi connectivity index (χ2n) is 6.41.